The zero-order chi connectivity index (χ0) is 26.8. The summed E-state index contributed by atoms with van der Waals surface area (Å²) >= 11 is 12.4. The Morgan fingerprint density at radius 1 is 1.26 bits per heavy atom. The number of hydrogen-bond donors (Lipinski definition) is 2. The second-order valence-corrected chi connectivity index (χ2v) is 10.2. The molecule has 38 heavy (non-hydrogen) atoms. The lowest BCUT2D eigenvalue weighted by molar-refractivity contribution is -0.146. The molecule has 5 rings (SSSR count). The number of piperidine rings is 1. The molecule has 3 aromatic rings. The number of likely N-dealkylation sites (tertiary alicyclic amines) is 1. The molecule has 2 aromatic heterocycles. The molecule has 12 heteroatoms. The molecule has 0 bridgehead atoms. The van der Waals surface area contributed by atoms with E-state index in [0.717, 1.165) is 30.5 Å². The van der Waals surface area contributed by atoms with Crippen LogP contribution in [0.1, 0.15) is 37.5 Å². The number of anilines is 1. The summed E-state index contributed by atoms with van der Waals surface area (Å²) in [7, 11) is 0. The molecular formula is C26H29Cl2FN6O3. The molecule has 3 N–H and O–H groups in total. The van der Waals surface area contributed by atoms with Crippen molar-refractivity contribution in [1.82, 2.24) is 25.0 Å². The third kappa shape index (κ3) is 5.58. The Hall–Kier alpha value is -2.92. The topological polar surface area (TPSA) is 108 Å². The first-order valence-corrected chi connectivity index (χ1v) is 13.3. The van der Waals surface area contributed by atoms with Crippen molar-refractivity contribution in [3.8, 4) is 16.9 Å². The number of nitrogens with one attached hydrogen (secondary N) is 1. The van der Waals surface area contributed by atoms with Crippen LogP contribution in [0.15, 0.2) is 36.8 Å². The Bertz CT molecular complexity index is 1310. The van der Waals surface area contributed by atoms with Gasteiger partial charge in [0.05, 0.1) is 23.9 Å². The molecule has 2 atom stereocenters. The van der Waals surface area contributed by atoms with Crippen molar-refractivity contribution in [1.29, 1.82) is 0 Å². The van der Waals surface area contributed by atoms with E-state index in [1.807, 2.05) is 15.8 Å². The fourth-order valence-electron chi connectivity index (χ4n) is 4.84. The van der Waals surface area contributed by atoms with E-state index < -0.39 is 18.0 Å². The maximum Gasteiger partial charge on any atom is 0.253 e. The third-order valence-corrected chi connectivity index (χ3v) is 7.67. The number of nitrogen functional groups attached to an aromatic ring is 1. The maximum absolute atomic E-state index is 14.0. The number of ether oxygens (including phenoxy) is 2. The Morgan fingerprint density at radius 2 is 2.05 bits per heavy atom. The van der Waals surface area contributed by atoms with Crippen LogP contribution in [0.4, 0.5) is 10.2 Å². The summed E-state index contributed by atoms with van der Waals surface area (Å²) in [5, 5.41) is 7.98. The normalized spacial score (nSPS) is 19.4. The van der Waals surface area contributed by atoms with Gasteiger partial charge in [0.2, 0.25) is 0 Å². The van der Waals surface area contributed by atoms with Gasteiger partial charge in [-0.25, -0.2) is 9.37 Å². The van der Waals surface area contributed by atoms with Crippen molar-refractivity contribution in [2.75, 3.05) is 38.5 Å². The van der Waals surface area contributed by atoms with Crippen LogP contribution in [0.25, 0.3) is 11.1 Å². The number of morpholine rings is 1. The molecule has 9 nitrogen and oxygen atoms in total. The summed E-state index contributed by atoms with van der Waals surface area (Å²) in [6.45, 7) is 4.92. The highest BCUT2D eigenvalue weighted by Gasteiger charge is 2.30. The zero-order valence-corrected chi connectivity index (χ0v) is 22.4. The van der Waals surface area contributed by atoms with Crippen molar-refractivity contribution in [2.45, 2.75) is 38.0 Å². The highest BCUT2D eigenvalue weighted by atomic mass is 35.5. The number of amides is 1. The van der Waals surface area contributed by atoms with Crippen molar-refractivity contribution in [2.24, 2.45) is 0 Å². The quantitative estimate of drug-likeness (QED) is 0.432. The van der Waals surface area contributed by atoms with Crippen molar-refractivity contribution >= 4 is 34.9 Å². The van der Waals surface area contributed by atoms with Gasteiger partial charge in [-0.1, -0.05) is 23.2 Å². The van der Waals surface area contributed by atoms with E-state index in [1.165, 1.54) is 12.1 Å². The van der Waals surface area contributed by atoms with Gasteiger partial charge in [-0.2, -0.15) is 5.10 Å². The van der Waals surface area contributed by atoms with Gasteiger partial charge in [0.15, 0.2) is 11.6 Å². The van der Waals surface area contributed by atoms with Gasteiger partial charge in [0.1, 0.15) is 18.0 Å². The molecule has 2 aliphatic rings. The van der Waals surface area contributed by atoms with Crippen LogP contribution in [-0.2, 0) is 9.53 Å². The summed E-state index contributed by atoms with van der Waals surface area (Å²) < 4.78 is 27.6. The van der Waals surface area contributed by atoms with Crippen LogP contribution < -0.4 is 15.8 Å². The number of aromatic nitrogens is 3. The average molecular weight is 563 g/mol. The van der Waals surface area contributed by atoms with Crippen LogP contribution >= 0.6 is 23.2 Å². The fraction of sp³-hybridized carbons (Fsp3) is 0.423. The summed E-state index contributed by atoms with van der Waals surface area (Å²) in [5.41, 5.74) is 8.01. The van der Waals surface area contributed by atoms with Crippen LogP contribution in [0.3, 0.4) is 0 Å². The van der Waals surface area contributed by atoms with Gasteiger partial charge in [-0.3, -0.25) is 9.48 Å². The smallest absolute Gasteiger partial charge is 0.253 e. The maximum atomic E-state index is 14.0. The molecule has 0 saturated carbocycles. The SMILES string of the molecule is C[C@@H](Oc1cc(-c2cnn(C3CCN(C(=O)[C@@H]4CNCCO4)CC3)c2)cnc1N)c1c(Cl)ccc(F)c1Cl. The monoisotopic (exact) mass is 562 g/mol. The van der Waals surface area contributed by atoms with Gasteiger partial charge >= 0.3 is 0 Å². The molecule has 2 fully saturated rings. The summed E-state index contributed by atoms with van der Waals surface area (Å²) in [4.78, 5) is 18.9. The molecule has 2 aliphatic heterocycles. The summed E-state index contributed by atoms with van der Waals surface area (Å²) in [5.74, 6) is -0.0214. The predicted molar refractivity (Wildman–Crippen MR) is 143 cm³/mol. The van der Waals surface area contributed by atoms with E-state index in [1.54, 1.807) is 25.4 Å². The Labute approximate surface area is 230 Å². The Morgan fingerprint density at radius 3 is 2.79 bits per heavy atom. The van der Waals surface area contributed by atoms with Crippen LogP contribution in [0.2, 0.25) is 10.0 Å². The lowest BCUT2D eigenvalue weighted by atomic mass is 10.0. The molecule has 1 aromatic carbocycles. The number of nitrogens with zero attached hydrogens (tertiary/aromatic N) is 4. The fourth-order valence-corrected chi connectivity index (χ4v) is 5.52. The molecule has 0 aliphatic carbocycles. The van der Waals surface area contributed by atoms with Crippen LogP contribution in [0, 0.1) is 5.82 Å². The molecule has 1 amide bonds. The van der Waals surface area contributed by atoms with E-state index in [2.05, 4.69) is 15.4 Å². The minimum atomic E-state index is -0.671. The van der Waals surface area contributed by atoms with Gasteiger partial charge in [-0.05, 0) is 38.0 Å². The predicted octanol–water partition coefficient (Wildman–Crippen LogP) is 4.27. The van der Waals surface area contributed by atoms with Crippen molar-refractivity contribution < 1.29 is 18.7 Å². The Kier molecular flexibility index (Phi) is 8.04. The summed E-state index contributed by atoms with van der Waals surface area (Å²) in [6, 6.07) is 4.58. The van der Waals surface area contributed by atoms with E-state index >= 15 is 0 Å². The second-order valence-electron chi connectivity index (χ2n) is 9.45. The summed E-state index contributed by atoms with van der Waals surface area (Å²) in [6.07, 6.45) is 5.89. The number of hydrogen-bond acceptors (Lipinski definition) is 7. The molecule has 202 valence electrons. The van der Waals surface area contributed by atoms with Gasteiger partial charge in [0.25, 0.3) is 5.91 Å². The lowest BCUT2D eigenvalue weighted by Crippen LogP contribution is -2.51. The number of nitrogens with two attached hydrogens (primary N) is 1. The van der Waals surface area contributed by atoms with Gasteiger partial charge in [0, 0.05) is 60.3 Å². The first-order chi connectivity index (χ1) is 18.3. The Balaban J connectivity index is 1.26. The molecule has 4 heterocycles. The molecule has 2 saturated heterocycles. The number of benzene rings is 1. The number of rotatable bonds is 6. The number of carbonyl (C=O) groups excluding carboxylic acids is 1. The van der Waals surface area contributed by atoms with Crippen LogP contribution in [0.5, 0.6) is 5.75 Å². The first kappa shape index (κ1) is 26.7. The average Bonchev–Trinajstić information content (AvgIpc) is 3.43. The highest BCUT2D eigenvalue weighted by molar-refractivity contribution is 6.36. The van der Waals surface area contributed by atoms with E-state index in [9.17, 15) is 9.18 Å². The first-order valence-electron chi connectivity index (χ1n) is 12.5. The van der Waals surface area contributed by atoms with Gasteiger partial charge < -0.3 is 25.4 Å². The lowest BCUT2D eigenvalue weighted by Gasteiger charge is -2.35. The van der Waals surface area contributed by atoms with Gasteiger partial charge in [-0.15, -0.1) is 0 Å². The van der Waals surface area contributed by atoms with Crippen molar-refractivity contribution in [3.63, 3.8) is 0 Å². The minimum absolute atomic E-state index is 0.0485. The third-order valence-electron chi connectivity index (χ3n) is 6.96. The van der Waals surface area contributed by atoms with Crippen molar-refractivity contribution in [3.05, 3.63) is 58.2 Å². The molecule has 0 spiro atoms. The zero-order valence-electron chi connectivity index (χ0n) is 20.9. The number of carbonyl (C=O) groups is 1. The van der Waals surface area contributed by atoms with E-state index in [4.69, 9.17) is 38.4 Å². The largest absolute Gasteiger partial charge is 0.482 e. The van der Waals surface area contributed by atoms with Crippen LogP contribution in [-0.4, -0.2) is 64.5 Å². The second kappa shape index (κ2) is 11.4. The number of halogens is 3. The minimum Gasteiger partial charge on any atom is -0.482 e. The molecular weight excluding hydrogens is 534 g/mol. The molecule has 0 radical (unpaired) electrons. The van der Waals surface area contributed by atoms with E-state index in [0.29, 0.717) is 42.6 Å². The number of pyridine rings is 1. The highest BCUT2D eigenvalue weighted by Crippen LogP contribution is 2.37. The van der Waals surface area contributed by atoms with E-state index in [-0.39, 0.29) is 22.8 Å². The molecule has 0 unspecified atom stereocenters. The standard InChI is InChI=1S/C26H29Cl2FN6O3/c1-15(23-19(27)2-3-20(29)24(23)28)38-21-10-16(11-32-25(21)30)17-12-33-35(14-17)18-4-7-34(8-5-18)26(36)22-13-31-6-9-37-22/h2-3,10-12,14-15,18,22,31H,4-9,13H2,1H3,(H2,30,32)/t15-,22+/m1/s1.